The van der Waals surface area contributed by atoms with E-state index in [2.05, 4.69) is 10.00 Å². The third kappa shape index (κ3) is 4.32. The summed E-state index contributed by atoms with van der Waals surface area (Å²) in [6.45, 7) is 2.68. The molecular formula is C21H22N4O3S. The summed E-state index contributed by atoms with van der Waals surface area (Å²) in [5.41, 5.74) is 1.55. The summed E-state index contributed by atoms with van der Waals surface area (Å²) in [7, 11) is 1.65. The highest BCUT2D eigenvalue weighted by Crippen LogP contribution is 2.22. The summed E-state index contributed by atoms with van der Waals surface area (Å²) < 4.78 is 6.46. The summed E-state index contributed by atoms with van der Waals surface area (Å²) in [6.07, 6.45) is 0. The molecule has 0 N–H and O–H groups in total. The zero-order chi connectivity index (χ0) is 20.2. The van der Waals surface area contributed by atoms with E-state index in [1.165, 1.54) is 10.7 Å². The van der Waals surface area contributed by atoms with E-state index >= 15 is 0 Å². The van der Waals surface area contributed by atoms with Gasteiger partial charge in [0.15, 0.2) is 0 Å². The predicted molar refractivity (Wildman–Crippen MR) is 114 cm³/mol. The van der Waals surface area contributed by atoms with Gasteiger partial charge in [-0.25, -0.2) is 4.68 Å². The van der Waals surface area contributed by atoms with Crippen molar-refractivity contribution in [3.63, 3.8) is 0 Å². The van der Waals surface area contributed by atoms with E-state index in [4.69, 9.17) is 4.74 Å². The first kappa shape index (κ1) is 19.2. The van der Waals surface area contributed by atoms with E-state index in [-0.39, 0.29) is 18.0 Å². The number of ether oxygens (including phenoxy) is 1. The van der Waals surface area contributed by atoms with Gasteiger partial charge < -0.3 is 14.5 Å². The molecule has 1 fully saturated rings. The number of methoxy groups -OCH3 is 1. The van der Waals surface area contributed by atoms with Crippen LogP contribution >= 0.6 is 11.3 Å². The second-order valence-electron chi connectivity index (χ2n) is 6.76. The van der Waals surface area contributed by atoms with Crippen LogP contribution in [0.5, 0.6) is 5.75 Å². The molecule has 8 heteroatoms. The van der Waals surface area contributed by atoms with Crippen LogP contribution in [0.2, 0.25) is 0 Å². The number of hydrogen-bond donors (Lipinski definition) is 0. The molecule has 0 saturated carbocycles. The molecule has 0 unspecified atom stereocenters. The number of benzene rings is 1. The lowest BCUT2D eigenvalue weighted by atomic mass is 10.2. The van der Waals surface area contributed by atoms with Gasteiger partial charge in [-0.1, -0.05) is 6.07 Å². The fourth-order valence-electron chi connectivity index (χ4n) is 3.35. The second kappa shape index (κ2) is 8.48. The third-order valence-corrected chi connectivity index (χ3v) is 5.89. The van der Waals surface area contributed by atoms with Crippen molar-refractivity contribution in [3.05, 3.63) is 64.3 Å². The molecule has 150 valence electrons. The Balaban J connectivity index is 1.39. The maximum absolute atomic E-state index is 12.7. The van der Waals surface area contributed by atoms with Gasteiger partial charge in [0, 0.05) is 37.9 Å². The van der Waals surface area contributed by atoms with Crippen LogP contribution in [0.3, 0.4) is 0 Å². The predicted octanol–water partition coefficient (Wildman–Crippen LogP) is 2.33. The first-order valence-corrected chi connectivity index (χ1v) is 10.3. The van der Waals surface area contributed by atoms with E-state index in [0.29, 0.717) is 18.8 Å². The third-order valence-electron chi connectivity index (χ3n) is 5.00. The number of rotatable bonds is 5. The van der Waals surface area contributed by atoms with E-state index in [0.717, 1.165) is 29.4 Å². The van der Waals surface area contributed by atoms with Crippen molar-refractivity contribution in [1.82, 2.24) is 14.7 Å². The van der Waals surface area contributed by atoms with Crippen LogP contribution in [0.15, 0.2) is 58.7 Å². The molecule has 29 heavy (non-hydrogen) atoms. The van der Waals surface area contributed by atoms with Crippen LogP contribution < -0.4 is 15.2 Å². The lowest BCUT2D eigenvalue weighted by molar-refractivity contribution is -0.132. The lowest BCUT2D eigenvalue weighted by Gasteiger charge is -2.36. The van der Waals surface area contributed by atoms with Crippen LogP contribution in [0, 0.1) is 0 Å². The van der Waals surface area contributed by atoms with Gasteiger partial charge in [0.2, 0.25) is 5.91 Å². The molecule has 7 nitrogen and oxygen atoms in total. The Morgan fingerprint density at radius 1 is 1.07 bits per heavy atom. The van der Waals surface area contributed by atoms with Crippen molar-refractivity contribution < 1.29 is 9.53 Å². The number of carbonyl (C=O) groups excluding carboxylic acids is 1. The van der Waals surface area contributed by atoms with Crippen molar-refractivity contribution in [1.29, 1.82) is 0 Å². The monoisotopic (exact) mass is 410 g/mol. The Hall–Kier alpha value is -3.13. The Morgan fingerprint density at radius 3 is 2.48 bits per heavy atom. The Bertz CT molecular complexity index is 1020. The molecule has 3 aromatic rings. The van der Waals surface area contributed by atoms with E-state index in [9.17, 15) is 9.59 Å². The first-order chi connectivity index (χ1) is 14.1. The van der Waals surface area contributed by atoms with Gasteiger partial charge in [-0.2, -0.15) is 5.10 Å². The van der Waals surface area contributed by atoms with Gasteiger partial charge >= 0.3 is 0 Å². The molecule has 1 saturated heterocycles. The van der Waals surface area contributed by atoms with Gasteiger partial charge in [0.1, 0.15) is 18.0 Å². The zero-order valence-corrected chi connectivity index (χ0v) is 17.0. The number of thiophene rings is 1. The van der Waals surface area contributed by atoms with Crippen molar-refractivity contribution in [3.8, 4) is 16.3 Å². The van der Waals surface area contributed by atoms with Gasteiger partial charge in [0.05, 0.1) is 12.0 Å². The van der Waals surface area contributed by atoms with Gasteiger partial charge in [-0.05, 0) is 41.8 Å². The number of amides is 1. The van der Waals surface area contributed by atoms with Crippen LogP contribution in [0.1, 0.15) is 0 Å². The van der Waals surface area contributed by atoms with E-state index in [1.54, 1.807) is 29.4 Å². The smallest absolute Gasteiger partial charge is 0.267 e. The molecular weight excluding hydrogens is 388 g/mol. The van der Waals surface area contributed by atoms with Gasteiger partial charge in [0.25, 0.3) is 5.56 Å². The molecule has 1 amide bonds. The van der Waals surface area contributed by atoms with Gasteiger partial charge in [-0.15, -0.1) is 11.3 Å². The van der Waals surface area contributed by atoms with Crippen LogP contribution in [-0.4, -0.2) is 53.9 Å². The van der Waals surface area contributed by atoms with Crippen LogP contribution in [-0.2, 0) is 11.3 Å². The van der Waals surface area contributed by atoms with E-state index in [1.807, 2.05) is 41.8 Å². The minimum atomic E-state index is -0.268. The van der Waals surface area contributed by atoms with E-state index < -0.39 is 0 Å². The molecule has 0 aliphatic carbocycles. The molecule has 1 aromatic carbocycles. The highest BCUT2D eigenvalue weighted by molar-refractivity contribution is 7.13. The topological polar surface area (TPSA) is 67.7 Å². The van der Waals surface area contributed by atoms with Crippen LogP contribution in [0.4, 0.5) is 5.69 Å². The van der Waals surface area contributed by atoms with Gasteiger partial charge in [-0.3, -0.25) is 9.59 Å². The summed E-state index contributed by atoms with van der Waals surface area (Å²) in [5, 5.41) is 6.33. The number of anilines is 1. The Morgan fingerprint density at radius 2 is 1.83 bits per heavy atom. The lowest BCUT2D eigenvalue weighted by Crippen LogP contribution is -2.50. The number of carbonyl (C=O) groups is 1. The standard InChI is InChI=1S/C21H22N4O3S/c1-28-17-6-4-16(5-7-17)23-10-12-24(13-11-23)21(27)15-25-20(26)9-8-18(22-25)19-3-2-14-29-19/h2-9,14H,10-13,15H2,1H3. The first-order valence-electron chi connectivity index (χ1n) is 9.43. The molecule has 0 radical (unpaired) electrons. The fraction of sp³-hybridized carbons (Fsp3) is 0.286. The highest BCUT2D eigenvalue weighted by Gasteiger charge is 2.22. The highest BCUT2D eigenvalue weighted by atomic mass is 32.1. The number of piperazine rings is 1. The quantitative estimate of drug-likeness (QED) is 0.646. The number of hydrogen-bond acceptors (Lipinski definition) is 6. The minimum Gasteiger partial charge on any atom is -0.497 e. The van der Waals surface area contributed by atoms with Crippen LogP contribution in [0.25, 0.3) is 10.6 Å². The Labute approximate surface area is 172 Å². The molecule has 4 rings (SSSR count). The molecule has 0 spiro atoms. The fourth-order valence-corrected chi connectivity index (χ4v) is 4.04. The summed E-state index contributed by atoms with van der Waals surface area (Å²) in [5.74, 6) is 0.739. The maximum Gasteiger partial charge on any atom is 0.267 e. The number of aromatic nitrogens is 2. The molecule has 0 bridgehead atoms. The average molecular weight is 410 g/mol. The van der Waals surface area contributed by atoms with Crippen molar-refractivity contribution in [2.75, 3.05) is 38.2 Å². The minimum absolute atomic E-state index is 0.0411. The molecule has 3 heterocycles. The SMILES string of the molecule is COc1ccc(N2CCN(C(=O)Cn3nc(-c4cccs4)ccc3=O)CC2)cc1. The summed E-state index contributed by atoms with van der Waals surface area (Å²) in [6, 6.07) is 15.0. The molecule has 2 aromatic heterocycles. The molecule has 0 atom stereocenters. The molecule has 1 aliphatic heterocycles. The maximum atomic E-state index is 12.7. The van der Waals surface area contributed by atoms with Crippen molar-refractivity contribution >= 4 is 22.9 Å². The number of nitrogens with zero attached hydrogens (tertiary/aromatic N) is 4. The van der Waals surface area contributed by atoms with Crippen molar-refractivity contribution in [2.24, 2.45) is 0 Å². The zero-order valence-electron chi connectivity index (χ0n) is 16.2. The normalized spacial score (nSPS) is 14.1. The summed E-state index contributed by atoms with van der Waals surface area (Å²) in [4.78, 5) is 29.9. The summed E-state index contributed by atoms with van der Waals surface area (Å²) >= 11 is 1.55. The van der Waals surface area contributed by atoms with Crippen molar-refractivity contribution in [2.45, 2.75) is 6.54 Å². The molecule has 1 aliphatic rings. The second-order valence-corrected chi connectivity index (χ2v) is 7.71. The largest absolute Gasteiger partial charge is 0.497 e. The average Bonchev–Trinajstić information content (AvgIpc) is 3.30. The Kier molecular flexibility index (Phi) is 5.62.